The summed E-state index contributed by atoms with van der Waals surface area (Å²) in [5.41, 5.74) is 7.29. The Balaban J connectivity index is 2.01. The van der Waals surface area contributed by atoms with Crippen LogP contribution < -0.4 is 5.73 Å². The molecule has 6 heteroatoms. The lowest BCUT2D eigenvalue weighted by molar-refractivity contribution is 0.103. The van der Waals surface area contributed by atoms with Gasteiger partial charge in [-0.2, -0.15) is 5.10 Å². The Labute approximate surface area is 113 Å². The summed E-state index contributed by atoms with van der Waals surface area (Å²) in [4.78, 5) is 15.0. The minimum absolute atomic E-state index is 0.219. The van der Waals surface area contributed by atoms with E-state index in [0.29, 0.717) is 16.9 Å². The summed E-state index contributed by atoms with van der Waals surface area (Å²) >= 11 is 0. The number of nitrogens with two attached hydrogens (primary N) is 1. The van der Waals surface area contributed by atoms with Crippen LogP contribution in [0.2, 0.25) is 0 Å². The number of nitrogens with zero attached hydrogens (tertiary/aromatic N) is 2. The second-order valence-electron chi connectivity index (χ2n) is 4.24. The van der Waals surface area contributed by atoms with Crippen molar-refractivity contribution in [3.63, 3.8) is 0 Å². The van der Waals surface area contributed by atoms with E-state index in [9.17, 15) is 9.18 Å². The highest BCUT2D eigenvalue weighted by molar-refractivity contribution is 6.10. The maximum absolute atomic E-state index is 12.9. The number of hydrogen-bond acceptors (Lipinski definition) is 3. The molecule has 0 fully saturated rings. The number of carbonyl (C=O) groups is 1. The standard InChI is InChI=1S/C14H11FN4O/c15-9-3-5-10(6-4-9)19-14(16)11(8-18-19)13(20)12-2-1-7-17-12/h1-8,17H,16H2. The number of benzene rings is 1. The smallest absolute Gasteiger partial charge is 0.214 e. The number of anilines is 1. The second kappa shape index (κ2) is 4.65. The van der Waals surface area contributed by atoms with Gasteiger partial charge in [-0.15, -0.1) is 0 Å². The molecule has 0 unspecified atom stereocenters. The van der Waals surface area contributed by atoms with Gasteiger partial charge in [-0.05, 0) is 36.4 Å². The van der Waals surface area contributed by atoms with Crippen molar-refractivity contribution >= 4 is 11.6 Å². The van der Waals surface area contributed by atoms with Gasteiger partial charge in [0.1, 0.15) is 11.6 Å². The van der Waals surface area contributed by atoms with Crippen LogP contribution in [0.1, 0.15) is 16.1 Å². The lowest BCUT2D eigenvalue weighted by atomic mass is 10.1. The molecule has 0 aliphatic rings. The lowest BCUT2D eigenvalue weighted by Gasteiger charge is -2.04. The minimum Gasteiger partial charge on any atom is -0.383 e. The van der Waals surface area contributed by atoms with E-state index >= 15 is 0 Å². The van der Waals surface area contributed by atoms with Gasteiger partial charge in [-0.1, -0.05) is 0 Å². The van der Waals surface area contributed by atoms with Crippen LogP contribution >= 0.6 is 0 Å². The van der Waals surface area contributed by atoms with Crippen molar-refractivity contribution in [3.8, 4) is 5.69 Å². The predicted molar refractivity (Wildman–Crippen MR) is 72.2 cm³/mol. The van der Waals surface area contributed by atoms with Crippen LogP contribution in [0.15, 0.2) is 48.8 Å². The highest BCUT2D eigenvalue weighted by atomic mass is 19.1. The molecule has 0 saturated carbocycles. The Morgan fingerprint density at radius 3 is 2.65 bits per heavy atom. The summed E-state index contributed by atoms with van der Waals surface area (Å²) in [5, 5.41) is 4.08. The molecule has 20 heavy (non-hydrogen) atoms. The summed E-state index contributed by atoms with van der Waals surface area (Å²) in [6.07, 6.45) is 3.07. The fraction of sp³-hybridized carbons (Fsp3) is 0. The summed E-state index contributed by atoms with van der Waals surface area (Å²) in [5.74, 6) is -0.362. The monoisotopic (exact) mass is 270 g/mol. The zero-order chi connectivity index (χ0) is 14.1. The normalized spacial score (nSPS) is 10.7. The molecular formula is C14H11FN4O. The van der Waals surface area contributed by atoms with Crippen molar-refractivity contribution in [1.29, 1.82) is 0 Å². The molecule has 2 aromatic heterocycles. The molecule has 3 aromatic rings. The number of rotatable bonds is 3. The van der Waals surface area contributed by atoms with Crippen LogP contribution in [0, 0.1) is 5.82 Å². The van der Waals surface area contributed by atoms with E-state index in [1.165, 1.54) is 23.0 Å². The van der Waals surface area contributed by atoms with Gasteiger partial charge >= 0.3 is 0 Å². The zero-order valence-electron chi connectivity index (χ0n) is 10.4. The average Bonchev–Trinajstić information content (AvgIpc) is 3.09. The minimum atomic E-state index is -0.345. The predicted octanol–water partition coefficient (Wildman–Crippen LogP) is 2.15. The van der Waals surface area contributed by atoms with Crippen LogP contribution in [0.4, 0.5) is 10.2 Å². The third kappa shape index (κ3) is 1.97. The maximum atomic E-state index is 12.9. The Morgan fingerprint density at radius 2 is 2.00 bits per heavy atom. The number of aromatic nitrogens is 3. The summed E-state index contributed by atoms with van der Waals surface area (Å²) in [6, 6.07) is 9.10. The second-order valence-corrected chi connectivity index (χ2v) is 4.24. The first-order chi connectivity index (χ1) is 9.66. The van der Waals surface area contributed by atoms with Crippen LogP contribution in [0.25, 0.3) is 5.69 Å². The first kappa shape index (κ1) is 12.2. The molecule has 0 radical (unpaired) electrons. The van der Waals surface area contributed by atoms with Gasteiger partial charge in [0.15, 0.2) is 0 Å². The van der Waals surface area contributed by atoms with Crippen LogP contribution in [-0.2, 0) is 0 Å². The largest absolute Gasteiger partial charge is 0.383 e. The molecule has 5 nitrogen and oxygen atoms in total. The number of ketones is 1. The van der Waals surface area contributed by atoms with E-state index in [0.717, 1.165) is 0 Å². The first-order valence-electron chi connectivity index (χ1n) is 5.94. The van der Waals surface area contributed by atoms with E-state index in [-0.39, 0.29) is 17.4 Å². The molecule has 3 N–H and O–H groups in total. The molecular weight excluding hydrogens is 259 g/mol. The van der Waals surface area contributed by atoms with E-state index in [1.807, 2.05) is 0 Å². The van der Waals surface area contributed by atoms with Crippen LogP contribution in [-0.4, -0.2) is 20.5 Å². The van der Waals surface area contributed by atoms with Gasteiger partial charge in [-0.25, -0.2) is 9.07 Å². The van der Waals surface area contributed by atoms with Gasteiger partial charge in [0.05, 0.1) is 23.1 Å². The molecule has 0 aliphatic carbocycles. The topological polar surface area (TPSA) is 76.7 Å². The molecule has 3 rings (SSSR count). The quantitative estimate of drug-likeness (QED) is 0.716. The highest BCUT2D eigenvalue weighted by Gasteiger charge is 2.18. The summed E-state index contributed by atoms with van der Waals surface area (Å²) < 4.78 is 14.3. The number of H-pyrrole nitrogens is 1. The number of carbonyl (C=O) groups excluding carboxylic acids is 1. The van der Waals surface area contributed by atoms with Crippen LogP contribution in [0.5, 0.6) is 0 Å². The van der Waals surface area contributed by atoms with E-state index < -0.39 is 0 Å². The Hall–Kier alpha value is -2.89. The molecule has 0 aliphatic heterocycles. The summed E-state index contributed by atoms with van der Waals surface area (Å²) in [7, 11) is 0. The number of nitrogen functional groups attached to an aromatic ring is 1. The van der Waals surface area contributed by atoms with Gasteiger partial charge in [0.25, 0.3) is 0 Å². The van der Waals surface area contributed by atoms with E-state index in [1.54, 1.807) is 30.5 Å². The molecule has 0 saturated heterocycles. The highest BCUT2D eigenvalue weighted by Crippen LogP contribution is 2.19. The third-order valence-corrected chi connectivity index (χ3v) is 2.96. The van der Waals surface area contributed by atoms with Crippen molar-refractivity contribution < 1.29 is 9.18 Å². The lowest BCUT2D eigenvalue weighted by Crippen LogP contribution is -2.07. The van der Waals surface area contributed by atoms with Crippen molar-refractivity contribution in [2.45, 2.75) is 0 Å². The number of halogens is 1. The van der Waals surface area contributed by atoms with E-state index in [2.05, 4.69) is 10.1 Å². The van der Waals surface area contributed by atoms with Crippen molar-refractivity contribution in [2.75, 3.05) is 5.73 Å². The summed E-state index contributed by atoms with van der Waals surface area (Å²) in [6.45, 7) is 0. The Bertz CT molecular complexity index is 744. The van der Waals surface area contributed by atoms with Crippen LogP contribution in [0.3, 0.4) is 0 Å². The molecule has 0 spiro atoms. The van der Waals surface area contributed by atoms with Crippen molar-refractivity contribution in [1.82, 2.24) is 14.8 Å². The zero-order valence-corrected chi connectivity index (χ0v) is 10.4. The van der Waals surface area contributed by atoms with Gasteiger partial charge in [0, 0.05) is 6.20 Å². The Kier molecular flexibility index (Phi) is 2.83. The molecule has 0 atom stereocenters. The van der Waals surface area contributed by atoms with Gasteiger partial charge in [0.2, 0.25) is 5.78 Å². The van der Waals surface area contributed by atoms with Gasteiger partial charge in [-0.3, -0.25) is 4.79 Å². The molecule has 0 bridgehead atoms. The van der Waals surface area contributed by atoms with Crippen molar-refractivity contribution in [2.24, 2.45) is 0 Å². The number of aromatic amines is 1. The first-order valence-corrected chi connectivity index (χ1v) is 5.94. The third-order valence-electron chi connectivity index (χ3n) is 2.96. The van der Waals surface area contributed by atoms with E-state index in [4.69, 9.17) is 5.73 Å². The molecule has 0 amide bonds. The fourth-order valence-electron chi connectivity index (χ4n) is 1.94. The molecule has 1 aromatic carbocycles. The average molecular weight is 270 g/mol. The fourth-order valence-corrected chi connectivity index (χ4v) is 1.94. The maximum Gasteiger partial charge on any atom is 0.214 e. The Morgan fingerprint density at radius 1 is 1.25 bits per heavy atom. The van der Waals surface area contributed by atoms with Gasteiger partial charge < -0.3 is 10.7 Å². The number of nitrogens with one attached hydrogen (secondary N) is 1. The SMILES string of the molecule is Nc1c(C(=O)c2ccc[nH]2)cnn1-c1ccc(F)cc1. The van der Waals surface area contributed by atoms with Crippen molar-refractivity contribution in [3.05, 3.63) is 65.9 Å². The molecule has 100 valence electrons. The molecule has 2 heterocycles. The number of hydrogen-bond donors (Lipinski definition) is 2.